The molecule has 2 unspecified atom stereocenters. The first-order valence-electron chi connectivity index (χ1n) is 4.66. The van der Waals surface area contributed by atoms with E-state index >= 15 is 0 Å². The Hall–Kier alpha value is -1.02. The number of hydrogen-bond acceptors (Lipinski definition) is 2. The van der Waals surface area contributed by atoms with Crippen molar-refractivity contribution in [3.05, 3.63) is 29.3 Å². The van der Waals surface area contributed by atoms with Crippen molar-refractivity contribution in [3.63, 3.8) is 0 Å². The minimum absolute atomic E-state index is 0.178. The maximum absolute atomic E-state index is 9.49. The number of aryl methyl sites for hydroxylation is 1. The minimum atomic E-state index is -0.178. The highest BCUT2D eigenvalue weighted by Crippen LogP contribution is 2.38. The lowest BCUT2D eigenvalue weighted by atomic mass is 9.76. The second-order valence-corrected chi connectivity index (χ2v) is 3.79. The third kappa shape index (κ3) is 1.42. The van der Waals surface area contributed by atoms with E-state index in [9.17, 15) is 10.2 Å². The van der Waals surface area contributed by atoms with Crippen molar-refractivity contribution in [2.45, 2.75) is 31.8 Å². The molecule has 0 saturated heterocycles. The summed E-state index contributed by atoms with van der Waals surface area (Å²) in [4.78, 5) is 0. The highest BCUT2D eigenvalue weighted by Gasteiger charge is 2.30. The lowest BCUT2D eigenvalue weighted by Crippen LogP contribution is -2.29. The summed E-state index contributed by atoms with van der Waals surface area (Å²) in [5, 5.41) is 18.7. The van der Waals surface area contributed by atoms with Crippen molar-refractivity contribution in [1.82, 2.24) is 0 Å². The maximum atomic E-state index is 9.49. The lowest BCUT2D eigenvalue weighted by Gasteiger charge is -2.33. The Kier molecular flexibility index (Phi) is 2.00. The number of rotatable bonds is 1. The molecule has 0 aliphatic heterocycles. The molecule has 2 nitrogen and oxygen atoms in total. The predicted molar refractivity (Wildman–Crippen MR) is 50.8 cm³/mol. The first-order chi connectivity index (χ1) is 6.18. The molecular weight excluding hydrogens is 164 g/mol. The van der Waals surface area contributed by atoms with Crippen LogP contribution in [0.3, 0.4) is 0 Å². The Bertz CT molecular complexity index is 320. The fourth-order valence-corrected chi connectivity index (χ4v) is 1.92. The van der Waals surface area contributed by atoms with Gasteiger partial charge < -0.3 is 10.2 Å². The van der Waals surface area contributed by atoms with Crippen LogP contribution in [0.4, 0.5) is 0 Å². The fraction of sp³-hybridized carbons (Fsp3) is 0.455. The maximum Gasteiger partial charge on any atom is 0.115 e. The highest BCUT2D eigenvalue weighted by molar-refractivity contribution is 5.37. The Morgan fingerprint density at radius 3 is 2.54 bits per heavy atom. The SMILES string of the molecule is Cc1cc(O)ccc1C1CCC1O. The molecule has 70 valence electrons. The zero-order valence-electron chi connectivity index (χ0n) is 7.70. The fourth-order valence-electron chi connectivity index (χ4n) is 1.92. The van der Waals surface area contributed by atoms with E-state index in [2.05, 4.69) is 0 Å². The van der Waals surface area contributed by atoms with E-state index < -0.39 is 0 Å². The van der Waals surface area contributed by atoms with Gasteiger partial charge in [-0.25, -0.2) is 0 Å². The molecule has 0 aromatic heterocycles. The van der Waals surface area contributed by atoms with Crippen molar-refractivity contribution in [1.29, 1.82) is 0 Å². The van der Waals surface area contributed by atoms with Crippen LogP contribution in [0.2, 0.25) is 0 Å². The predicted octanol–water partition coefficient (Wildman–Crippen LogP) is 1.94. The van der Waals surface area contributed by atoms with E-state index in [0.29, 0.717) is 11.7 Å². The molecule has 1 aromatic carbocycles. The molecule has 0 amide bonds. The smallest absolute Gasteiger partial charge is 0.115 e. The summed E-state index contributed by atoms with van der Waals surface area (Å²) in [6.45, 7) is 1.97. The van der Waals surface area contributed by atoms with E-state index in [1.807, 2.05) is 13.0 Å². The van der Waals surface area contributed by atoms with Crippen LogP contribution in [0, 0.1) is 6.92 Å². The zero-order valence-corrected chi connectivity index (χ0v) is 7.70. The van der Waals surface area contributed by atoms with Gasteiger partial charge in [-0.1, -0.05) is 6.07 Å². The van der Waals surface area contributed by atoms with Gasteiger partial charge in [0.1, 0.15) is 5.75 Å². The monoisotopic (exact) mass is 178 g/mol. The van der Waals surface area contributed by atoms with Crippen LogP contribution in [-0.4, -0.2) is 16.3 Å². The van der Waals surface area contributed by atoms with E-state index in [1.165, 1.54) is 5.56 Å². The van der Waals surface area contributed by atoms with Gasteiger partial charge in [0, 0.05) is 5.92 Å². The number of aromatic hydroxyl groups is 1. The van der Waals surface area contributed by atoms with Crippen LogP contribution < -0.4 is 0 Å². The molecule has 13 heavy (non-hydrogen) atoms. The molecule has 2 heteroatoms. The summed E-state index contributed by atoms with van der Waals surface area (Å²) < 4.78 is 0. The average molecular weight is 178 g/mol. The summed E-state index contributed by atoms with van der Waals surface area (Å²) in [6.07, 6.45) is 1.79. The third-order valence-corrected chi connectivity index (χ3v) is 2.89. The molecule has 0 bridgehead atoms. The molecule has 1 aliphatic carbocycles. The number of hydrogen-bond donors (Lipinski definition) is 2. The first kappa shape index (κ1) is 8.57. The van der Waals surface area contributed by atoms with Crippen molar-refractivity contribution < 1.29 is 10.2 Å². The van der Waals surface area contributed by atoms with Crippen molar-refractivity contribution in [2.75, 3.05) is 0 Å². The molecule has 2 atom stereocenters. The van der Waals surface area contributed by atoms with Gasteiger partial charge in [-0.15, -0.1) is 0 Å². The van der Waals surface area contributed by atoms with Gasteiger partial charge in [0.15, 0.2) is 0 Å². The topological polar surface area (TPSA) is 40.5 Å². The molecule has 2 N–H and O–H groups in total. The second-order valence-electron chi connectivity index (χ2n) is 3.79. The summed E-state index contributed by atoms with van der Waals surface area (Å²) >= 11 is 0. The average Bonchev–Trinajstić information content (AvgIpc) is 2.07. The molecule has 1 aromatic rings. The van der Waals surface area contributed by atoms with Crippen LogP contribution in [-0.2, 0) is 0 Å². The summed E-state index contributed by atoms with van der Waals surface area (Å²) in [5.41, 5.74) is 2.25. The first-order valence-corrected chi connectivity index (χ1v) is 4.66. The number of aliphatic hydroxyl groups is 1. The highest BCUT2D eigenvalue weighted by atomic mass is 16.3. The van der Waals surface area contributed by atoms with Gasteiger partial charge >= 0.3 is 0 Å². The van der Waals surface area contributed by atoms with Crippen molar-refractivity contribution in [2.24, 2.45) is 0 Å². The Balaban J connectivity index is 2.30. The standard InChI is InChI=1S/C11H14O2/c1-7-6-8(12)2-3-9(7)10-4-5-11(10)13/h2-3,6,10-13H,4-5H2,1H3. The number of benzene rings is 1. The summed E-state index contributed by atoms with van der Waals surface area (Å²) in [5.74, 6) is 0.593. The van der Waals surface area contributed by atoms with Gasteiger partial charge in [-0.3, -0.25) is 0 Å². The lowest BCUT2D eigenvalue weighted by molar-refractivity contribution is 0.0658. The second kappa shape index (κ2) is 3.04. The van der Waals surface area contributed by atoms with Gasteiger partial charge in [-0.05, 0) is 43.0 Å². The molecule has 1 aliphatic rings. The van der Waals surface area contributed by atoms with E-state index in [4.69, 9.17) is 0 Å². The Morgan fingerprint density at radius 2 is 2.08 bits per heavy atom. The molecule has 1 saturated carbocycles. The molecule has 0 spiro atoms. The minimum Gasteiger partial charge on any atom is -0.508 e. The summed E-state index contributed by atoms with van der Waals surface area (Å²) in [6, 6.07) is 5.35. The van der Waals surface area contributed by atoms with E-state index in [0.717, 1.165) is 18.4 Å². The Labute approximate surface area is 77.8 Å². The van der Waals surface area contributed by atoms with Crippen LogP contribution in [0.25, 0.3) is 0 Å². The quantitative estimate of drug-likeness (QED) is 0.690. The number of aliphatic hydroxyl groups excluding tert-OH is 1. The number of phenols is 1. The van der Waals surface area contributed by atoms with E-state index in [-0.39, 0.29) is 6.10 Å². The normalized spacial score (nSPS) is 26.9. The van der Waals surface area contributed by atoms with Gasteiger partial charge in [0.05, 0.1) is 6.10 Å². The van der Waals surface area contributed by atoms with Crippen LogP contribution in [0.1, 0.15) is 29.9 Å². The van der Waals surface area contributed by atoms with E-state index in [1.54, 1.807) is 12.1 Å². The van der Waals surface area contributed by atoms with Gasteiger partial charge in [0.25, 0.3) is 0 Å². The molecule has 1 fully saturated rings. The number of phenolic OH excluding ortho intramolecular Hbond substituents is 1. The van der Waals surface area contributed by atoms with Gasteiger partial charge in [-0.2, -0.15) is 0 Å². The largest absolute Gasteiger partial charge is 0.508 e. The van der Waals surface area contributed by atoms with Gasteiger partial charge in [0.2, 0.25) is 0 Å². The van der Waals surface area contributed by atoms with Crippen molar-refractivity contribution in [3.8, 4) is 5.75 Å². The van der Waals surface area contributed by atoms with Crippen LogP contribution >= 0.6 is 0 Å². The summed E-state index contributed by atoms with van der Waals surface area (Å²) in [7, 11) is 0. The van der Waals surface area contributed by atoms with Crippen LogP contribution in [0.5, 0.6) is 5.75 Å². The molecule has 2 rings (SSSR count). The Morgan fingerprint density at radius 1 is 1.31 bits per heavy atom. The molecule has 0 radical (unpaired) electrons. The van der Waals surface area contributed by atoms with Crippen LogP contribution in [0.15, 0.2) is 18.2 Å². The molecule has 0 heterocycles. The molecular formula is C11H14O2. The third-order valence-electron chi connectivity index (χ3n) is 2.89. The van der Waals surface area contributed by atoms with Crippen molar-refractivity contribution >= 4 is 0 Å². The zero-order chi connectivity index (χ0) is 9.42.